The lowest BCUT2D eigenvalue weighted by Gasteiger charge is -2.10. The molecule has 0 spiro atoms. The summed E-state index contributed by atoms with van der Waals surface area (Å²) in [7, 11) is 0. The molecular formula is C22H23N5O3. The molecule has 8 heteroatoms. The van der Waals surface area contributed by atoms with E-state index in [9.17, 15) is 9.59 Å². The molecule has 0 saturated heterocycles. The van der Waals surface area contributed by atoms with E-state index in [0.717, 1.165) is 11.3 Å². The van der Waals surface area contributed by atoms with Crippen molar-refractivity contribution in [1.29, 1.82) is 0 Å². The van der Waals surface area contributed by atoms with Crippen molar-refractivity contribution in [2.75, 3.05) is 17.2 Å². The van der Waals surface area contributed by atoms with Crippen molar-refractivity contribution in [2.24, 2.45) is 0 Å². The maximum atomic E-state index is 12.1. The number of anilines is 2. The number of aryl methyl sites for hydroxylation is 1. The largest absolute Gasteiger partial charge is 0.487 e. The molecule has 0 unspecified atom stereocenters. The number of carbonyl (C=O) groups is 2. The second-order valence-electron chi connectivity index (χ2n) is 6.54. The molecule has 3 aromatic rings. The summed E-state index contributed by atoms with van der Waals surface area (Å²) < 4.78 is 5.70. The number of nitrogens with one attached hydrogen (secondary N) is 3. The standard InChI is InChI=1S/C22H23N5O3/c1-16-8-9-20(25-14-16)27-21(28)10-12-24-22(29)26-17-6-4-7-19(13-17)30-15-18-5-2-3-11-23-18/h2-9,11,13-14H,10,12,15H2,1H3,(H2,24,26,29)(H,25,27,28). The summed E-state index contributed by atoms with van der Waals surface area (Å²) in [4.78, 5) is 32.3. The van der Waals surface area contributed by atoms with E-state index in [4.69, 9.17) is 4.74 Å². The number of carbonyl (C=O) groups excluding carboxylic acids is 2. The van der Waals surface area contributed by atoms with Gasteiger partial charge in [0.25, 0.3) is 0 Å². The Balaban J connectivity index is 1.40. The van der Waals surface area contributed by atoms with E-state index in [1.807, 2.05) is 31.2 Å². The van der Waals surface area contributed by atoms with Gasteiger partial charge in [0, 0.05) is 37.1 Å². The number of hydrogen-bond donors (Lipinski definition) is 3. The van der Waals surface area contributed by atoms with Gasteiger partial charge in [0.05, 0.1) is 5.69 Å². The van der Waals surface area contributed by atoms with Crippen molar-refractivity contribution in [3.8, 4) is 5.75 Å². The molecule has 3 amide bonds. The third-order valence-electron chi connectivity index (χ3n) is 4.02. The second kappa shape index (κ2) is 10.6. The van der Waals surface area contributed by atoms with Crippen LogP contribution in [0.2, 0.25) is 0 Å². The van der Waals surface area contributed by atoms with Crippen LogP contribution < -0.4 is 20.7 Å². The second-order valence-corrected chi connectivity index (χ2v) is 6.54. The monoisotopic (exact) mass is 405 g/mol. The van der Waals surface area contributed by atoms with Gasteiger partial charge in [-0.3, -0.25) is 9.78 Å². The first kappa shape index (κ1) is 20.8. The number of aromatic nitrogens is 2. The van der Waals surface area contributed by atoms with E-state index in [2.05, 4.69) is 25.9 Å². The third-order valence-corrected chi connectivity index (χ3v) is 4.02. The topological polar surface area (TPSA) is 105 Å². The molecule has 3 N–H and O–H groups in total. The van der Waals surface area contributed by atoms with Gasteiger partial charge in [-0.05, 0) is 42.8 Å². The number of pyridine rings is 2. The molecule has 3 rings (SSSR count). The summed E-state index contributed by atoms with van der Waals surface area (Å²) in [6, 6.07) is 15.9. The Morgan fingerprint density at radius 1 is 1.00 bits per heavy atom. The average Bonchev–Trinajstić information content (AvgIpc) is 2.75. The van der Waals surface area contributed by atoms with Crippen LogP contribution in [0.1, 0.15) is 17.7 Å². The Labute approximate surface area is 174 Å². The minimum absolute atomic E-state index is 0.135. The number of ether oxygens (including phenoxy) is 1. The van der Waals surface area contributed by atoms with Crippen molar-refractivity contribution in [3.05, 3.63) is 78.2 Å². The van der Waals surface area contributed by atoms with E-state index in [0.29, 0.717) is 23.9 Å². The molecule has 0 radical (unpaired) electrons. The third kappa shape index (κ3) is 6.90. The number of benzene rings is 1. The molecule has 2 aromatic heterocycles. The van der Waals surface area contributed by atoms with Gasteiger partial charge in [-0.2, -0.15) is 0 Å². The summed E-state index contributed by atoms with van der Waals surface area (Å²) in [5.74, 6) is 0.873. The molecule has 0 atom stereocenters. The SMILES string of the molecule is Cc1ccc(NC(=O)CCNC(=O)Nc2cccc(OCc3ccccn3)c2)nc1. The van der Waals surface area contributed by atoms with Gasteiger partial charge >= 0.3 is 6.03 Å². The smallest absolute Gasteiger partial charge is 0.319 e. The van der Waals surface area contributed by atoms with Crippen LogP contribution in [0.15, 0.2) is 67.0 Å². The highest BCUT2D eigenvalue weighted by atomic mass is 16.5. The number of urea groups is 1. The van der Waals surface area contributed by atoms with Gasteiger partial charge in [0.1, 0.15) is 18.2 Å². The van der Waals surface area contributed by atoms with E-state index >= 15 is 0 Å². The van der Waals surface area contributed by atoms with Gasteiger partial charge in [0.15, 0.2) is 0 Å². The number of nitrogens with zero attached hydrogens (tertiary/aromatic N) is 2. The Morgan fingerprint density at radius 3 is 2.67 bits per heavy atom. The van der Waals surface area contributed by atoms with E-state index in [1.54, 1.807) is 42.7 Å². The Bertz CT molecular complexity index is 978. The van der Waals surface area contributed by atoms with Crippen molar-refractivity contribution in [2.45, 2.75) is 20.0 Å². The fraction of sp³-hybridized carbons (Fsp3) is 0.182. The predicted molar refractivity (Wildman–Crippen MR) is 114 cm³/mol. The van der Waals surface area contributed by atoms with Gasteiger partial charge in [-0.25, -0.2) is 9.78 Å². The maximum Gasteiger partial charge on any atom is 0.319 e. The van der Waals surface area contributed by atoms with Crippen LogP contribution in [0.25, 0.3) is 0 Å². The lowest BCUT2D eigenvalue weighted by Crippen LogP contribution is -2.31. The van der Waals surface area contributed by atoms with Crippen molar-refractivity contribution in [3.63, 3.8) is 0 Å². The molecule has 0 fully saturated rings. The summed E-state index contributed by atoms with van der Waals surface area (Å²) in [6.07, 6.45) is 3.52. The van der Waals surface area contributed by atoms with Crippen molar-refractivity contribution >= 4 is 23.4 Å². The molecule has 30 heavy (non-hydrogen) atoms. The summed E-state index contributed by atoms with van der Waals surface area (Å²) in [6.45, 7) is 2.45. The zero-order valence-corrected chi connectivity index (χ0v) is 16.6. The minimum Gasteiger partial charge on any atom is -0.487 e. The van der Waals surface area contributed by atoms with Crippen LogP contribution in [0, 0.1) is 6.92 Å². The number of amides is 3. The number of hydrogen-bond acceptors (Lipinski definition) is 5. The fourth-order valence-electron chi connectivity index (χ4n) is 2.52. The van der Waals surface area contributed by atoms with Crippen LogP contribution in [0.4, 0.5) is 16.3 Å². The van der Waals surface area contributed by atoms with Gasteiger partial charge in [-0.1, -0.05) is 18.2 Å². The lowest BCUT2D eigenvalue weighted by molar-refractivity contribution is -0.116. The first-order valence-electron chi connectivity index (χ1n) is 9.48. The molecule has 154 valence electrons. The van der Waals surface area contributed by atoms with Crippen LogP contribution >= 0.6 is 0 Å². The molecule has 0 aliphatic heterocycles. The highest BCUT2D eigenvalue weighted by Crippen LogP contribution is 2.18. The molecule has 8 nitrogen and oxygen atoms in total. The first-order valence-corrected chi connectivity index (χ1v) is 9.48. The molecule has 0 aliphatic carbocycles. The molecule has 1 aromatic carbocycles. The van der Waals surface area contributed by atoms with E-state index in [1.165, 1.54) is 0 Å². The summed E-state index contributed by atoms with van der Waals surface area (Å²) >= 11 is 0. The molecule has 2 heterocycles. The van der Waals surface area contributed by atoms with Crippen molar-refractivity contribution in [1.82, 2.24) is 15.3 Å². The molecule has 0 bridgehead atoms. The fourth-order valence-corrected chi connectivity index (χ4v) is 2.52. The van der Waals surface area contributed by atoms with Crippen molar-refractivity contribution < 1.29 is 14.3 Å². The Hall–Kier alpha value is -3.94. The van der Waals surface area contributed by atoms with Crippen LogP contribution in [-0.2, 0) is 11.4 Å². The minimum atomic E-state index is -0.405. The first-order chi connectivity index (χ1) is 14.6. The summed E-state index contributed by atoms with van der Waals surface area (Å²) in [5.41, 5.74) is 2.41. The van der Waals surface area contributed by atoms with E-state index in [-0.39, 0.29) is 18.9 Å². The number of rotatable bonds is 8. The highest BCUT2D eigenvalue weighted by Gasteiger charge is 2.06. The molecule has 0 saturated carbocycles. The van der Waals surface area contributed by atoms with Crippen LogP contribution in [0.3, 0.4) is 0 Å². The highest BCUT2D eigenvalue weighted by molar-refractivity contribution is 5.92. The normalized spacial score (nSPS) is 10.2. The van der Waals surface area contributed by atoms with Crippen LogP contribution in [0.5, 0.6) is 5.75 Å². The average molecular weight is 405 g/mol. The van der Waals surface area contributed by atoms with E-state index < -0.39 is 6.03 Å². The Kier molecular flexibility index (Phi) is 7.32. The zero-order valence-electron chi connectivity index (χ0n) is 16.6. The quantitative estimate of drug-likeness (QED) is 0.532. The van der Waals surface area contributed by atoms with Gasteiger partial charge in [-0.15, -0.1) is 0 Å². The lowest BCUT2D eigenvalue weighted by atomic mass is 10.3. The Morgan fingerprint density at radius 2 is 1.90 bits per heavy atom. The zero-order chi connectivity index (χ0) is 21.2. The maximum absolute atomic E-state index is 12.1. The van der Waals surface area contributed by atoms with Gasteiger partial charge < -0.3 is 20.7 Å². The molecular weight excluding hydrogens is 382 g/mol. The van der Waals surface area contributed by atoms with Crippen LogP contribution in [-0.4, -0.2) is 28.5 Å². The summed E-state index contributed by atoms with van der Waals surface area (Å²) in [5, 5.41) is 8.06. The predicted octanol–water partition coefficient (Wildman–Crippen LogP) is 3.51. The van der Waals surface area contributed by atoms with Gasteiger partial charge in [0.2, 0.25) is 5.91 Å². The molecule has 0 aliphatic rings.